The minimum Gasteiger partial charge on any atom is -0.358 e. The maximum absolute atomic E-state index is 3.19. The summed E-state index contributed by atoms with van der Waals surface area (Å²) in [6.45, 7) is 4.33. The van der Waals surface area contributed by atoms with Crippen LogP contribution in [-0.2, 0) is 45.6 Å². The Bertz CT molecular complexity index is 187. The number of hydrogen-bond acceptors (Lipinski definition) is 0. The molecule has 0 aliphatic heterocycles. The van der Waals surface area contributed by atoms with Gasteiger partial charge in [-0.05, 0) is 0 Å². The molecule has 0 fully saturated rings. The van der Waals surface area contributed by atoms with Crippen LogP contribution in [0.25, 0.3) is 0 Å². The van der Waals surface area contributed by atoms with E-state index in [9.17, 15) is 0 Å². The summed E-state index contributed by atoms with van der Waals surface area (Å²) >= 11 is 0. The molecule has 12 heavy (non-hydrogen) atoms. The Hall–Kier alpha value is 0.324. The Balaban J connectivity index is 0. The van der Waals surface area contributed by atoms with E-state index in [2.05, 4.69) is 32.0 Å². The third-order valence-corrected chi connectivity index (χ3v) is 1.71. The molecule has 1 heteroatoms. The van der Waals surface area contributed by atoms with Gasteiger partial charge < -0.3 is 7.43 Å². The number of benzene rings is 1. The Morgan fingerprint density at radius 3 is 2.42 bits per heavy atom. The molecule has 0 aliphatic rings. The fourth-order valence-electron chi connectivity index (χ4n) is 0.993. The van der Waals surface area contributed by atoms with E-state index < -0.39 is 0 Å². The van der Waals surface area contributed by atoms with Gasteiger partial charge in [-0.3, -0.25) is 0 Å². The quantitative estimate of drug-likeness (QED) is 0.693. The first-order valence-electron chi connectivity index (χ1n) is 3.86. The van der Waals surface area contributed by atoms with Gasteiger partial charge >= 0.3 is 0 Å². The van der Waals surface area contributed by atoms with Crippen molar-refractivity contribution >= 4 is 0 Å². The monoisotopic (exact) mass is 237 g/mol. The molecule has 0 amide bonds. The molecule has 0 saturated heterocycles. The van der Waals surface area contributed by atoms with E-state index in [1.54, 1.807) is 0 Å². The molecular weight excluding hydrogens is 221 g/mol. The van der Waals surface area contributed by atoms with Gasteiger partial charge in [0.15, 0.2) is 0 Å². The molecule has 0 saturated carbocycles. The summed E-state index contributed by atoms with van der Waals surface area (Å²) in [5, 5.41) is 0. The second-order valence-electron chi connectivity index (χ2n) is 2.43. The van der Waals surface area contributed by atoms with Crippen LogP contribution in [0.2, 0.25) is 0 Å². The average molecular weight is 237 g/mol. The van der Waals surface area contributed by atoms with Crippen molar-refractivity contribution in [2.45, 2.75) is 26.7 Å². The van der Waals surface area contributed by atoms with Crippen LogP contribution in [0.4, 0.5) is 0 Å². The minimum absolute atomic E-state index is 0. The summed E-state index contributed by atoms with van der Waals surface area (Å²) in [4.78, 5) is 0. The van der Waals surface area contributed by atoms with E-state index >= 15 is 0 Å². The molecule has 0 spiro atoms. The molecule has 0 bridgehead atoms. The molecular formula is C11H16Y-2. The first-order chi connectivity index (χ1) is 4.86. The molecule has 1 radical (unpaired) electrons. The number of hydrogen-bond donors (Lipinski definition) is 0. The Labute approximate surface area is 102 Å². The topological polar surface area (TPSA) is 0 Å². The summed E-state index contributed by atoms with van der Waals surface area (Å²) in [5.74, 6) is 0. The van der Waals surface area contributed by atoms with Crippen LogP contribution in [-0.4, -0.2) is 0 Å². The smallest absolute Gasteiger partial charge is 0 e. The zero-order valence-corrected chi connectivity index (χ0v) is 11.1. The van der Waals surface area contributed by atoms with Gasteiger partial charge in [0.2, 0.25) is 0 Å². The van der Waals surface area contributed by atoms with E-state index in [4.69, 9.17) is 0 Å². The van der Waals surface area contributed by atoms with Crippen LogP contribution < -0.4 is 0 Å². The van der Waals surface area contributed by atoms with Crippen LogP contribution >= 0.6 is 0 Å². The molecule has 0 unspecified atom stereocenters. The Morgan fingerprint density at radius 2 is 1.92 bits per heavy atom. The van der Waals surface area contributed by atoms with Crippen molar-refractivity contribution in [2.75, 3.05) is 0 Å². The molecule has 1 aromatic rings. The van der Waals surface area contributed by atoms with Gasteiger partial charge in [0.05, 0.1) is 0 Å². The van der Waals surface area contributed by atoms with Gasteiger partial charge in [-0.1, -0.05) is 26.7 Å². The van der Waals surface area contributed by atoms with Gasteiger partial charge in [-0.2, -0.15) is 35.4 Å². The fourth-order valence-corrected chi connectivity index (χ4v) is 0.993. The number of aryl methyl sites for hydroxylation is 2. The largest absolute Gasteiger partial charge is 0.358 e. The van der Waals surface area contributed by atoms with E-state index in [0.717, 1.165) is 12.8 Å². The second kappa shape index (κ2) is 7.95. The van der Waals surface area contributed by atoms with Crippen LogP contribution in [0.5, 0.6) is 0 Å². The predicted molar refractivity (Wildman–Crippen MR) is 50.4 cm³/mol. The fraction of sp³-hybridized carbons (Fsp3) is 0.364. The molecule has 0 aliphatic carbocycles. The molecule has 0 nitrogen and oxygen atoms in total. The van der Waals surface area contributed by atoms with Gasteiger partial charge in [-0.25, -0.2) is 0 Å². The van der Waals surface area contributed by atoms with E-state index in [0.29, 0.717) is 0 Å². The van der Waals surface area contributed by atoms with E-state index in [1.807, 2.05) is 6.07 Å². The molecule has 0 atom stereocenters. The maximum Gasteiger partial charge on any atom is 0 e. The van der Waals surface area contributed by atoms with E-state index in [1.165, 1.54) is 11.1 Å². The van der Waals surface area contributed by atoms with Crippen LogP contribution in [0.1, 0.15) is 25.0 Å². The minimum atomic E-state index is 0. The first kappa shape index (κ1) is 14.8. The number of rotatable bonds is 2. The first-order valence-corrected chi connectivity index (χ1v) is 3.86. The molecule has 1 rings (SSSR count). The zero-order chi connectivity index (χ0) is 7.40. The van der Waals surface area contributed by atoms with Gasteiger partial charge in [0.1, 0.15) is 0 Å². The van der Waals surface area contributed by atoms with Crippen molar-refractivity contribution in [1.29, 1.82) is 0 Å². The van der Waals surface area contributed by atoms with Crippen LogP contribution in [0.15, 0.2) is 18.2 Å². The van der Waals surface area contributed by atoms with Crippen LogP contribution in [0.3, 0.4) is 0 Å². The summed E-state index contributed by atoms with van der Waals surface area (Å²) in [6.07, 6.45) is 2.22. The van der Waals surface area contributed by atoms with Crippen molar-refractivity contribution in [1.82, 2.24) is 0 Å². The van der Waals surface area contributed by atoms with Crippen molar-refractivity contribution in [3.05, 3.63) is 42.8 Å². The molecule has 0 aromatic heterocycles. The standard InChI is InChI=1S/C10H13.CH3.Y/c1-3-9-6-5-7-10(4-2)8-9;;/h5-6,8H,3-4H2,1-2H3;1H3;/q2*-1;. The summed E-state index contributed by atoms with van der Waals surface area (Å²) in [6, 6.07) is 9.55. The van der Waals surface area contributed by atoms with Gasteiger partial charge in [0.25, 0.3) is 0 Å². The van der Waals surface area contributed by atoms with Crippen molar-refractivity contribution < 1.29 is 32.7 Å². The maximum atomic E-state index is 3.19. The molecule has 0 N–H and O–H groups in total. The molecule has 1 aromatic carbocycles. The van der Waals surface area contributed by atoms with E-state index in [-0.39, 0.29) is 40.1 Å². The third-order valence-electron chi connectivity index (χ3n) is 1.71. The summed E-state index contributed by atoms with van der Waals surface area (Å²) < 4.78 is 0. The third kappa shape index (κ3) is 4.37. The Kier molecular flexibility index (Phi) is 9.82. The normalized spacial score (nSPS) is 8.17. The molecule has 0 heterocycles. The van der Waals surface area contributed by atoms with Gasteiger partial charge in [0, 0.05) is 32.7 Å². The van der Waals surface area contributed by atoms with Crippen molar-refractivity contribution in [2.24, 2.45) is 0 Å². The summed E-state index contributed by atoms with van der Waals surface area (Å²) in [7, 11) is 0. The second-order valence-corrected chi connectivity index (χ2v) is 2.43. The Morgan fingerprint density at radius 1 is 1.25 bits per heavy atom. The zero-order valence-electron chi connectivity index (χ0n) is 8.22. The van der Waals surface area contributed by atoms with Gasteiger partial charge in [-0.15, -0.1) is 0 Å². The average Bonchev–Trinajstić information content (AvgIpc) is 2.05. The summed E-state index contributed by atoms with van der Waals surface area (Å²) in [5.41, 5.74) is 2.73. The predicted octanol–water partition coefficient (Wildman–Crippen LogP) is 3.06. The molecule has 65 valence electrons. The van der Waals surface area contributed by atoms with Crippen LogP contribution in [0, 0.1) is 13.5 Å². The van der Waals surface area contributed by atoms with Crippen molar-refractivity contribution in [3.8, 4) is 0 Å². The SMILES string of the molecule is CCc1[c-]ccc(CC)c1.[CH3-].[Y]. The van der Waals surface area contributed by atoms with Crippen molar-refractivity contribution in [3.63, 3.8) is 0 Å².